The monoisotopic (exact) mass is 489 g/mol. The second kappa shape index (κ2) is 8.85. The molecule has 0 radical (unpaired) electrons. The van der Waals surface area contributed by atoms with Gasteiger partial charge in [0.25, 0.3) is 10.0 Å². The number of hydrogen-bond donors (Lipinski definition) is 2. The average molecular weight is 490 g/mol. The van der Waals surface area contributed by atoms with E-state index < -0.39 is 33.7 Å². The first kappa shape index (κ1) is 23.0. The molecule has 6 nitrogen and oxygen atoms in total. The molecule has 1 amide bonds. The third kappa shape index (κ3) is 5.54. The molecule has 164 valence electrons. The van der Waals surface area contributed by atoms with E-state index in [-0.39, 0.29) is 20.7 Å². The Bertz CT molecular complexity index is 1200. The van der Waals surface area contributed by atoms with Gasteiger partial charge >= 0.3 is 6.18 Å². The number of amides is 1. The molecular weight excluding hydrogens is 475 g/mol. The van der Waals surface area contributed by atoms with E-state index in [4.69, 9.17) is 11.6 Å². The molecule has 0 saturated carbocycles. The fourth-order valence-corrected chi connectivity index (χ4v) is 4.84. The number of carbonyl (C=O) groups excluding carboxylic acids is 1. The van der Waals surface area contributed by atoms with E-state index in [0.29, 0.717) is 16.9 Å². The maximum Gasteiger partial charge on any atom is 0.434 e. The van der Waals surface area contributed by atoms with Crippen LogP contribution in [0.2, 0.25) is 5.02 Å². The molecule has 3 aromatic rings. The predicted molar refractivity (Wildman–Crippen MR) is 113 cm³/mol. The third-order valence-electron chi connectivity index (χ3n) is 4.21. The molecule has 12 heteroatoms. The van der Waals surface area contributed by atoms with E-state index in [1.807, 2.05) is 0 Å². The highest BCUT2D eigenvalue weighted by Gasteiger charge is 2.34. The molecular formula is C19H15ClF3N3O3S2. The molecule has 0 fully saturated rings. The smallest absolute Gasteiger partial charge is 0.301 e. The fourth-order valence-electron chi connectivity index (χ4n) is 2.54. The van der Waals surface area contributed by atoms with E-state index in [9.17, 15) is 26.4 Å². The molecule has 0 unspecified atom stereocenters. The van der Waals surface area contributed by atoms with Crippen LogP contribution >= 0.6 is 22.9 Å². The molecule has 0 bridgehead atoms. The lowest BCUT2D eigenvalue weighted by Gasteiger charge is -2.13. The minimum Gasteiger partial charge on any atom is -0.301 e. The minimum absolute atomic E-state index is 0.0739. The molecule has 0 aliphatic carbocycles. The Morgan fingerprint density at radius 3 is 2.35 bits per heavy atom. The zero-order valence-electron chi connectivity index (χ0n) is 15.8. The number of halogens is 4. The molecule has 31 heavy (non-hydrogen) atoms. The van der Waals surface area contributed by atoms with Crippen LogP contribution in [0.25, 0.3) is 0 Å². The van der Waals surface area contributed by atoms with Crippen molar-refractivity contribution in [2.75, 3.05) is 10.0 Å². The van der Waals surface area contributed by atoms with Crippen LogP contribution in [-0.4, -0.2) is 19.3 Å². The van der Waals surface area contributed by atoms with E-state index >= 15 is 0 Å². The summed E-state index contributed by atoms with van der Waals surface area (Å²) >= 11 is 6.61. The van der Waals surface area contributed by atoms with Gasteiger partial charge in [-0.3, -0.25) is 9.52 Å². The number of carbonyl (C=O) groups is 1. The van der Waals surface area contributed by atoms with Gasteiger partial charge in [-0.15, -0.1) is 11.3 Å². The molecule has 1 aromatic heterocycles. The van der Waals surface area contributed by atoms with Gasteiger partial charge in [0, 0.05) is 11.1 Å². The zero-order chi connectivity index (χ0) is 22.8. The molecule has 0 aliphatic rings. The van der Waals surface area contributed by atoms with Gasteiger partial charge in [0.1, 0.15) is 4.90 Å². The highest BCUT2D eigenvalue weighted by atomic mass is 35.5. The molecule has 0 spiro atoms. The van der Waals surface area contributed by atoms with Crippen molar-refractivity contribution in [1.29, 1.82) is 0 Å². The number of aromatic nitrogens is 1. The van der Waals surface area contributed by atoms with Crippen LogP contribution < -0.4 is 10.0 Å². The highest BCUT2D eigenvalue weighted by Crippen LogP contribution is 2.32. The van der Waals surface area contributed by atoms with Gasteiger partial charge in [-0.25, -0.2) is 13.4 Å². The predicted octanol–water partition coefficient (Wildman–Crippen LogP) is 5.36. The summed E-state index contributed by atoms with van der Waals surface area (Å²) in [4.78, 5) is 15.6. The van der Waals surface area contributed by atoms with Gasteiger partial charge in [0.2, 0.25) is 5.91 Å². The summed E-state index contributed by atoms with van der Waals surface area (Å²) in [5.41, 5.74) is -0.285. The number of benzene rings is 2. The Labute approximate surface area is 185 Å². The average Bonchev–Trinajstić information content (AvgIpc) is 3.17. The Hall–Kier alpha value is -2.63. The Balaban J connectivity index is 1.68. The van der Waals surface area contributed by atoms with Crippen LogP contribution in [0.4, 0.5) is 24.0 Å². The maximum absolute atomic E-state index is 12.6. The van der Waals surface area contributed by atoms with Crippen molar-refractivity contribution in [3.63, 3.8) is 0 Å². The van der Waals surface area contributed by atoms with E-state index in [0.717, 1.165) is 5.38 Å². The van der Waals surface area contributed by atoms with Crippen LogP contribution in [0.3, 0.4) is 0 Å². The number of thiazole rings is 1. The van der Waals surface area contributed by atoms with E-state index in [2.05, 4.69) is 15.0 Å². The van der Waals surface area contributed by atoms with Crippen LogP contribution in [0.5, 0.6) is 0 Å². The Morgan fingerprint density at radius 2 is 1.77 bits per heavy atom. The van der Waals surface area contributed by atoms with Crippen molar-refractivity contribution in [3.05, 3.63) is 70.2 Å². The van der Waals surface area contributed by atoms with Gasteiger partial charge in [-0.2, -0.15) is 13.2 Å². The number of nitrogens with one attached hydrogen (secondary N) is 2. The summed E-state index contributed by atoms with van der Waals surface area (Å²) in [6, 6.07) is 12.0. The van der Waals surface area contributed by atoms with Crippen molar-refractivity contribution in [3.8, 4) is 0 Å². The first-order valence-corrected chi connectivity index (χ1v) is 11.4. The number of sulfonamides is 1. The normalized spacial score (nSPS) is 12.9. The molecule has 3 rings (SSSR count). The summed E-state index contributed by atoms with van der Waals surface area (Å²) in [5, 5.41) is 3.09. The van der Waals surface area contributed by atoms with Crippen molar-refractivity contribution in [2.45, 2.75) is 23.9 Å². The first-order valence-electron chi connectivity index (χ1n) is 8.68. The number of alkyl halides is 3. The molecule has 2 N–H and O–H groups in total. The standard InChI is InChI=1S/C19H15ClF3N3O3S2/c1-11(17(27)25-18-24-16(10-30-18)19(21,22)23)12-6-8-13(9-7-12)26-31(28,29)15-5-3-2-4-14(15)20/h2-11,26H,1H3,(H,24,25,27)/t11-/m0/s1. The van der Waals surface area contributed by atoms with E-state index in [1.165, 1.54) is 36.4 Å². The second-order valence-electron chi connectivity index (χ2n) is 6.40. The number of anilines is 2. The minimum atomic E-state index is -4.59. The van der Waals surface area contributed by atoms with Crippen LogP contribution in [0, 0.1) is 0 Å². The number of rotatable bonds is 6. The molecule has 0 saturated heterocycles. The van der Waals surface area contributed by atoms with Crippen molar-refractivity contribution in [1.82, 2.24) is 4.98 Å². The molecule has 1 heterocycles. The van der Waals surface area contributed by atoms with Gasteiger partial charge < -0.3 is 5.32 Å². The van der Waals surface area contributed by atoms with Gasteiger partial charge in [-0.1, -0.05) is 35.9 Å². The van der Waals surface area contributed by atoms with Crippen molar-refractivity contribution >= 4 is 49.7 Å². The summed E-state index contributed by atoms with van der Waals surface area (Å²) in [6.45, 7) is 1.57. The Morgan fingerprint density at radius 1 is 1.13 bits per heavy atom. The van der Waals surface area contributed by atoms with Crippen LogP contribution in [0.15, 0.2) is 58.8 Å². The topological polar surface area (TPSA) is 88.2 Å². The summed E-state index contributed by atoms with van der Waals surface area (Å²) in [7, 11) is -3.90. The van der Waals surface area contributed by atoms with Crippen LogP contribution in [-0.2, 0) is 21.0 Å². The quantitative estimate of drug-likeness (QED) is 0.488. The summed E-state index contributed by atoms with van der Waals surface area (Å²) in [6.07, 6.45) is -4.59. The summed E-state index contributed by atoms with van der Waals surface area (Å²) < 4.78 is 65.2. The lowest BCUT2D eigenvalue weighted by molar-refractivity contribution is -0.140. The maximum atomic E-state index is 12.6. The first-order chi connectivity index (χ1) is 14.5. The number of nitrogens with zero attached hydrogens (tertiary/aromatic N) is 1. The van der Waals surface area contributed by atoms with Gasteiger partial charge in [0.05, 0.1) is 10.9 Å². The SMILES string of the molecule is C[C@H](C(=O)Nc1nc(C(F)(F)F)cs1)c1ccc(NS(=O)(=O)c2ccccc2Cl)cc1. The third-order valence-corrected chi connectivity index (χ3v) is 6.85. The van der Waals surface area contributed by atoms with E-state index in [1.54, 1.807) is 19.1 Å². The zero-order valence-corrected chi connectivity index (χ0v) is 18.2. The van der Waals surface area contributed by atoms with Crippen molar-refractivity contribution in [2.24, 2.45) is 0 Å². The van der Waals surface area contributed by atoms with Crippen LogP contribution in [0.1, 0.15) is 24.1 Å². The lowest BCUT2D eigenvalue weighted by Crippen LogP contribution is -2.19. The summed E-state index contributed by atoms with van der Waals surface area (Å²) in [5.74, 6) is -1.26. The largest absolute Gasteiger partial charge is 0.434 e. The fraction of sp³-hybridized carbons (Fsp3) is 0.158. The van der Waals surface area contributed by atoms with Crippen molar-refractivity contribution < 1.29 is 26.4 Å². The number of hydrogen-bond acceptors (Lipinski definition) is 5. The molecule has 0 aliphatic heterocycles. The Kier molecular flexibility index (Phi) is 6.58. The van der Waals surface area contributed by atoms with Gasteiger partial charge in [-0.05, 0) is 36.8 Å². The van der Waals surface area contributed by atoms with Gasteiger partial charge in [0.15, 0.2) is 10.8 Å². The lowest BCUT2D eigenvalue weighted by atomic mass is 10.0. The highest BCUT2D eigenvalue weighted by molar-refractivity contribution is 7.92. The second-order valence-corrected chi connectivity index (χ2v) is 9.32. The molecule has 2 aromatic carbocycles. The molecule has 1 atom stereocenters.